The maximum Gasteiger partial charge on any atom is 0.352 e. The van der Waals surface area contributed by atoms with Crippen LogP contribution >= 0.6 is 11.5 Å². The van der Waals surface area contributed by atoms with Crippen LogP contribution in [0.5, 0.6) is 6.01 Å². The van der Waals surface area contributed by atoms with Gasteiger partial charge in [-0.25, -0.2) is 14.4 Å². The molecule has 1 aliphatic carbocycles. The molecule has 1 aromatic carbocycles. The maximum atomic E-state index is 15.8. The molecule has 18 heteroatoms. The van der Waals surface area contributed by atoms with Crippen molar-refractivity contribution in [2.75, 3.05) is 45.7 Å². The highest BCUT2D eigenvalue weighted by Gasteiger charge is 2.45. The SMILES string of the molecule is COc1ncc(C(F)(F)C(=O)N[C@H](C(=O)Nc2ccc([C@H](C)[C@@H](NC(=O)c3cnns3)C(=O)N3CCN(C)CC3)cc2F)[C@H]2CC[C@H](C)CC2)cn1. The number of aromatic nitrogens is 4. The van der Waals surface area contributed by atoms with Gasteiger partial charge in [0.15, 0.2) is 0 Å². The summed E-state index contributed by atoms with van der Waals surface area (Å²) in [6, 6.07) is 1.34. The van der Waals surface area contributed by atoms with E-state index in [0.29, 0.717) is 50.5 Å². The number of halogens is 3. The third-order valence-corrected chi connectivity index (χ3v) is 10.5. The number of likely N-dealkylation sites (N-methyl/N-ethyl adjacent to an activating group) is 1. The molecular weight excluding hydrogens is 703 g/mol. The van der Waals surface area contributed by atoms with Crippen molar-refractivity contribution >= 4 is 40.8 Å². The first-order valence-electron chi connectivity index (χ1n) is 17.0. The number of amides is 4. The lowest BCUT2D eigenvalue weighted by atomic mass is 9.79. The van der Waals surface area contributed by atoms with E-state index in [1.165, 1.54) is 25.4 Å². The van der Waals surface area contributed by atoms with Crippen LogP contribution < -0.4 is 20.7 Å². The molecular formula is C34H42F3N9O5S. The van der Waals surface area contributed by atoms with Crippen molar-refractivity contribution < 1.29 is 37.1 Å². The normalized spacial score (nSPS) is 19.9. The summed E-state index contributed by atoms with van der Waals surface area (Å²) in [5.74, 6) is -9.24. The van der Waals surface area contributed by atoms with Gasteiger partial charge in [0.1, 0.15) is 22.8 Å². The zero-order chi connectivity index (χ0) is 37.6. The predicted molar refractivity (Wildman–Crippen MR) is 184 cm³/mol. The number of anilines is 1. The summed E-state index contributed by atoms with van der Waals surface area (Å²) in [4.78, 5) is 64.7. The lowest BCUT2D eigenvalue weighted by Gasteiger charge is -2.36. The van der Waals surface area contributed by atoms with Gasteiger partial charge in [-0.2, -0.15) is 8.78 Å². The fraction of sp³-hybridized carbons (Fsp3) is 0.529. The number of carbonyl (C=O) groups excluding carboxylic acids is 4. The molecule has 3 N–H and O–H groups in total. The van der Waals surface area contributed by atoms with E-state index >= 15 is 13.2 Å². The number of alkyl halides is 2. The highest BCUT2D eigenvalue weighted by molar-refractivity contribution is 7.07. The summed E-state index contributed by atoms with van der Waals surface area (Å²) in [5, 5.41) is 11.2. The first kappa shape index (κ1) is 38.5. The molecule has 2 fully saturated rings. The molecule has 1 aliphatic heterocycles. The molecule has 0 unspecified atom stereocenters. The Hall–Kier alpha value is -4.71. The minimum atomic E-state index is -4.08. The summed E-state index contributed by atoms with van der Waals surface area (Å²) >= 11 is 0.873. The third-order valence-electron chi connectivity index (χ3n) is 9.79. The van der Waals surface area contributed by atoms with E-state index in [4.69, 9.17) is 4.74 Å². The number of carbonyl (C=O) groups is 4. The van der Waals surface area contributed by atoms with Crippen LogP contribution in [0.1, 0.15) is 66.2 Å². The van der Waals surface area contributed by atoms with Crippen molar-refractivity contribution in [1.82, 2.24) is 40.0 Å². The first-order chi connectivity index (χ1) is 24.8. The number of nitrogens with zero attached hydrogens (tertiary/aromatic N) is 6. The second kappa shape index (κ2) is 16.8. The van der Waals surface area contributed by atoms with Crippen molar-refractivity contribution in [2.45, 2.75) is 63.5 Å². The van der Waals surface area contributed by atoms with Crippen LogP contribution in [0, 0.1) is 17.7 Å². The maximum absolute atomic E-state index is 15.8. The lowest BCUT2D eigenvalue weighted by molar-refractivity contribution is -0.149. The van der Waals surface area contributed by atoms with Crippen molar-refractivity contribution in [3.8, 4) is 6.01 Å². The predicted octanol–water partition coefficient (Wildman–Crippen LogP) is 3.19. The molecule has 5 rings (SSSR count). The summed E-state index contributed by atoms with van der Waals surface area (Å²) in [6.45, 7) is 5.93. The summed E-state index contributed by atoms with van der Waals surface area (Å²) < 4.78 is 54.8. The number of methoxy groups -OCH3 is 1. The van der Waals surface area contributed by atoms with Crippen LogP contribution in [-0.4, -0.2) is 105 Å². The number of hydrogen-bond donors (Lipinski definition) is 3. The van der Waals surface area contributed by atoms with Gasteiger partial charge >= 0.3 is 11.9 Å². The third kappa shape index (κ3) is 9.01. The van der Waals surface area contributed by atoms with Crippen LogP contribution in [0.2, 0.25) is 0 Å². The molecule has 2 aliphatic rings. The fourth-order valence-electron chi connectivity index (χ4n) is 6.39. The van der Waals surface area contributed by atoms with Crippen LogP contribution in [-0.2, 0) is 20.3 Å². The highest BCUT2D eigenvalue weighted by Crippen LogP contribution is 2.34. The van der Waals surface area contributed by atoms with Gasteiger partial charge in [0.05, 0.1) is 24.6 Å². The average Bonchev–Trinajstić information content (AvgIpc) is 3.69. The molecule has 0 bridgehead atoms. The molecule has 3 aromatic rings. The Morgan fingerprint density at radius 2 is 1.67 bits per heavy atom. The van der Waals surface area contributed by atoms with Crippen molar-refractivity contribution in [1.29, 1.82) is 0 Å². The van der Waals surface area contributed by atoms with Crippen molar-refractivity contribution in [2.24, 2.45) is 11.8 Å². The van der Waals surface area contributed by atoms with E-state index in [0.717, 1.165) is 42.8 Å². The molecule has 52 heavy (non-hydrogen) atoms. The van der Waals surface area contributed by atoms with Gasteiger partial charge in [0.2, 0.25) is 11.8 Å². The Kier molecular flexibility index (Phi) is 12.4. The smallest absolute Gasteiger partial charge is 0.352 e. The molecule has 0 spiro atoms. The van der Waals surface area contributed by atoms with Crippen LogP contribution in [0.4, 0.5) is 18.9 Å². The zero-order valence-corrected chi connectivity index (χ0v) is 30.1. The lowest BCUT2D eigenvalue weighted by Crippen LogP contribution is -2.55. The summed E-state index contributed by atoms with van der Waals surface area (Å²) in [7, 11) is 3.21. The van der Waals surface area contributed by atoms with E-state index in [9.17, 15) is 19.2 Å². The molecule has 0 radical (unpaired) electrons. The van der Waals surface area contributed by atoms with Gasteiger partial charge in [-0.15, -0.1) is 5.10 Å². The van der Waals surface area contributed by atoms with Gasteiger partial charge in [-0.3, -0.25) is 19.2 Å². The van der Waals surface area contributed by atoms with E-state index in [-0.39, 0.29) is 22.5 Å². The summed E-state index contributed by atoms with van der Waals surface area (Å²) in [5.41, 5.74) is -0.679. The van der Waals surface area contributed by atoms with Crippen LogP contribution in [0.15, 0.2) is 36.8 Å². The van der Waals surface area contributed by atoms with E-state index in [1.807, 2.05) is 14.0 Å². The van der Waals surface area contributed by atoms with Crippen LogP contribution in [0.3, 0.4) is 0 Å². The number of ether oxygens (including phenoxy) is 1. The van der Waals surface area contributed by atoms with E-state index in [1.54, 1.807) is 11.8 Å². The molecule has 14 nitrogen and oxygen atoms in total. The Balaban J connectivity index is 1.34. The number of nitrogens with one attached hydrogen (secondary N) is 3. The standard InChI is InChI=1S/C34H42F3N9O5S/c1-19-5-7-21(8-6-19)28(43-32(50)34(36,37)23-16-38-33(51-4)39-17-23)30(48)41-25-10-9-22(15-24(25)35)20(2)27(42-29(47)26-18-40-44-52-26)31(49)46-13-11-45(3)12-14-46/h9-10,15-21,27-28H,5-8,11-14H2,1-4H3,(H,41,48)(H,42,47)(H,43,50)/t19-,20-,21-,27+,28-/m0/s1. The Morgan fingerprint density at radius 3 is 2.27 bits per heavy atom. The molecule has 3 heterocycles. The van der Waals surface area contributed by atoms with Crippen molar-refractivity contribution in [3.05, 3.63) is 58.6 Å². The largest absolute Gasteiger partial charge is 0.467 e. The topological polar surface area (TPSA) is 172 Å². The second-order valence-electron chi connectivity index (χ2n) is 13.4. The van der Waals surface area contributed by atoms with E-state index < -0.39 is 58.9 Å². The fourth-order valence-corrected chi connectivity index (χ4v) is 6.80. The molecule has 4 amide bonds. The quantitative estimate of drug-likeness (QED) is 0.250. The van der Waals surface area contributed by atoms with Gasteiger partial charge in [0, 0.05) is 44.5 Å². The zero-order valence-electron chi connectivity index (χ0n) is 29.3. The Labute approximate surface area is 303 Å². The molecule has 280 valence electrons. The van der Waals surface area contributed by atoms with Gasteiger partial charge < -0.3 is 30.5 Å². The second-order valence-corrected chi connectivity index (χ2v) is 14.2. The van der Waals surface area contributed by atoms with Crippen LogP contribution in [0.25, 0.3) is 0 Å². The monoisotopic (exact) mass is 745 g/mol. The average molecular weight is 746 g/mol. The number of benzene rings is 1. The van der Waals surface area contributed by atoms with E-state index in [2.05, 4.69) is 40.4 Å². The molecule has 2 aromatic heterocycles. The molecule has 1 saturated heterocycles. The Bertz CT molecular complexity index is 1720. The summed E-state index contributed by atoms with van der Waals surface area (Å²) in [6.07, 6.45) is 5.24. The first-order valence-corrected chi connectivity index (χ1v) is 17.8. The minimum Gasteiger partial charge on any atom is -0.467 e. The van der Waals surface area contributed by atoms with Gasteiger partial charge in [-0.05, 0) is 61.0 Å². The molecule has 3 atom stereocenters. The highest BCUT2D eigenvalue weighted by atomic mass is 32.1. The number of hydrogen-bond acceptors (Lipinski definition) is 11. The number of rotatable bonds is 12. The van der Waals surface area contributed by atoms with Gasteiger partial charge in [-0.1, -0.05) is 37.2 Å². The number of piperazine rings is 1. The minimum absolute atomic E-state index is 0.161. The Morgan fingerprint density at radius 1 is 1.00 bits per heavy atom. The van der Waals surface area contributed by atoms with Gasteiger partial charge in [0.25, 0.3) is 11.8 Å². The van der Waals surface area contributed by atoms with Crippen molar-refractivity contribution in [3.63, 3.8) is 0 Å². The molecule has 1 saturated carbocycles.